The Balaban J connectivity index is 1.53. The first-order valence-corrected chi connectivity index (χ1v) is 11.2. The molecule has 1 amide bonds. The summed E-state index contributed by atoms with van der Waals surface area (Å²) < 4.78 is 43.3. The van der Waals surface area contributed by atoms with E-state index in [1.54, 1.807) is 6.07 Å². The summed E-state index contributed by atoms with van der Waals surface area (Å²) in [5, 5.41) is 3.17. The van der Waals surface area contributed by atoms with E-state index in [1.807, 2.05) is 6.07 Å². The number of amides is 1. The van der Waals surface area contributed by atoms with Crippen molar-refractivity contribution < 1.29 is 27.4 Å². The Morgan fingerprint density at radius 1 is 1.20 bits per heavy atom. The van der Waals surface area contributed by atoms with Crippen LogP contribution in [0.15, 0.2) is 41.3 Å². The molecule has 1 heterocycles. The summed E-state index contributed by atoms with van der Waals surface area (Å²) in [6.45, 7) is 2.70. The molecule has 10 heteroatoms. The predicted molar refractivity (Wildman–Crippen MR) is 112 cm³/mol. The number of carbonyl (C=O) groups excluding carboxylic acids is 1. The van der Waals surface area contributed by atoms with E-state index in [9.17, 15) is 13.2 Å². The molecule has 0 aliphatic carbocycles. The number of hydrogen-bond donors (Lipinski definition) is 2. The maximum absolute atomic E-state index is 12.4. The quantitative estimate of drug-likeness (QED) is 0.633. The van der Waals surface area contributed by atoms with E-state index < -0.39 is 22.0 Å². The smallest absolute Gasteiger partial charge is 0.241 e. The number of methoxy groups -OCH3 is 1. The van der Waals surface area contributed by atoms with Gasteiger partial charge in [-0.25, -0.2) is 8.42 Å². The van der Waals surface area contributed by atoms with Gasteiger partial charge in [0.2, 0.25) is 15.9 Å². The van der Waals surface area contributed by atoms with Crippen LogP contribution in [0.2, 0.25) is 5.02 Å². The standard InChI is InChI=1S/C20H23ClN2O6S/c1-13(23-30(25,26)16-5-3-15(27-2)4-6-16)20(24)22-8-7-14-11-17(21)19-18(12-14)28-9-10-29-19/h3-6,11-13,23H,7-10H2,1-2H3,(H,22,24)/t13-/m0/s1. The van der Waals surface area contributed by atoms with Gasteiger partial charge < -0.3 is 19.5 Å². The molecule has 0 bridgehead atoms. The highest BCUT2D eigenvalue weighted by Crippen LogP contribution is 2.38. The average molecular weight is 455 g/mol. The van der Waals surface area contributed by atoms with Crippen molar-refractivity contribution in [3.8, 4) is 17.2 Å². The Kier molecular flexibility index (Phi) is 7.06. The Labute approximate surface area is 180 Å². The van der Waals surface area contributed by atoms with Gasteiger partial charge in [0, 0.05) is 6.54 Å². The van der Waals surface area contributed by atoms with Crippen LogP contribution in [0.3, 0.4) is 0 Å². The van der Waals surface area contributed by atoms with Crippen LogP contribution in [0.5, 0.6) is 17.2 Å². The second kappa shape index (κ2) is 9.55. The molecule has 0 unspecified atom stereocenters. The molecule has 0 radical (unpaired) electrons. The number of benzene rings is 2. The van der Waals surface area contributed by atoms with Gasteiger partial charge in [-0.2, -0.15) is 4.72 Å². The fraction of sp³-hybridized carbons (Fsp3) is 0.350. The van der Waals surface area contributed by atoms with E-state index in [4.69, 9.17) is 25.8 Å². The van der Waals surface area contributed by atoms with E-state index in [1.165, 1.54) is 38.3 Å². The van der Waals surface area contributed by atoms with Gasteiger partial charge in [0.15, 0.2) is 11.5 Å². The van der Waals surface area contributed by atoms with Crippen molar-refractivity contribution in [1.82, 2.24) is 10.0 Å². The summed E-state index contributed by atoms with van der Waals surface area (Å²) in [6, 6.07) is 8.55. The number of rotatable bonds is 8. The van der Waals surface area contributed by atoms with Gasteiger partial charge in [0.25, 0.3) is 0 Å². The normalized spacial score (nSPS) is 14.1. The average Bonchev–Trinajstić information content (AvgIpc) is 2.73. The molecule has 0 fully saturated rings. The lowest BCUT2D eigenvalue weighted by molar-refractivity contribution is -0.122. The number of hydrogen-bond acceptors (Lipinski definition) is 6. The monoisotopic (exact) mass is 454 g/mol. The van der Waals surface area contributed by atoms with Crippen molar-refractivity contribution in [2.75, 3.05) is 26.9 Å². The highest BCUT2D eigenvalue weighted by atomic mass is 35.5. The summed E-state index contributed by atoms with van der Waals surface area (Å²) in [7, 11) is -2.34. The zero-order chi connectivity index (χ0) is 21.7. The third-order valence-electron chi connectivity index (χ3n) is 4.46. The lowest BCUT2D eigenvalue weighted by Gasteiger charge is -2.20. The molecule has 3 rings (SSSR count). The van der Waals surface area contributed by atoms with Crippen LogP contribution < -0.4 is 24.2 Å². The number of carbonyl (C=O) groups is 1. The van der Waals surface area contributed by atoms with Gasteiger partial charge in [-0.05, 0) is 55.3 Å². The summed E-state index contributed by atoms with van der Waals surface area (Å²) in [5.74, 6) is 1.21. The largest absolute Gasteiger partial charge is 0.497 e. The topological polar surface area (TPSA) is 103 Å². The van der Waals surface area contributed by atoms with Crippen molar-refractivity contribution in [2.45, 2.75) is 24.3 Å². The minimum atomic E-state index is -3.84. The SMILES string of the molecule is COc1ccc(S(=O)(=O)N[C@@H](C)C(=O)NCCc2cc(Cl)c3c(c2)OCCO3)cc1. The third kappa shape index (κ3) is 5.35. The van der Waals surface area contributed by atoms with E-state index in [0.29, 0.717) is 48.5 Å². The summed E-state index contributed by atoms with van der Waals surface area (Å²) >= 11 is 6.21. The van der Waals surface area contributed by atoms with E-state index >= 15 is 0 Å². The van der Waals surface area contributed by atoms with Gasteiger partial charge in [0.1, 0.15) is 19.0 Å². The highest BCUT2D eigenvalue weighted by Gasteiger charge is 2.22. The van der Waals surface area contributed by atoms with Crippen LogP contribution in [0.4, 0.5) is 0 Å². The molecule has 0 saturated carbocycles. The molecule has 1 aliphatic rings. The maximum Gasteiger partial charge on any atom is 0.241 e. The first-order valence-electron chi connectivity index (χ1n) is 9.32. The molecule has 1 aliphatic heterocycles. The molecular weight excluding hydrogens is 432 g/mol. The van der Waals surface area contributed by atoms with E-state index in [-0.39, 0.29) is 4.90 Å². The Morgan fingerprint density at radius 3 is 2.60 bits per heavy atom. The molecule has 162 valence electrons. The Morgan fingerprint density at radius 2 is 1.90 bits per heavy atom. The number of ether oxygens (including phenoxy) is 3. The number of halogens is 1. The molecule has 1 atom stereocenters. The summed E-state index contributed by atoms with van der Waals surface area (Å²) in [4.78, 5) is 12.4. The predicted octanol–water partition coefficient (Wildman–Crippen LogP) is 2.15. The van der Waals surface area contributed by atoms with Gasteiger partial charge >= 0.3 is 0 Å². The zero-order valence-electron chi connectivity index (χ0n) is 16.6. The maximum atomic E-state index is 12.4. The van der Waals surface area contributed by atoms with Gasteiger partial charge in [-0.15, -0.1) is 0 Å². The molecule has 0 aromatic heterocycles. The first kappa shape index (κ1) is 22.2. The minimum absolute atomic E-state index is 0.0499. The van der Waals surface area contributed by atoms with Gasteiger partial charge in [-0.3, -0.25) is 4.79 Å². The molecule has 30 heavy (non-hydrogen) atoms. The van der Waals surface area contributed by atoms with Crippen molar-refractivity contribution in [1.29, 1.82) is 0 Å². The van der Waals surface area contributed by atoms with Crippen LogP contribution in [-0.2, 0) is 21.2 Å². The highest BCUT2D eigenvalue weighted by molar-refractivity contribution is 7.89. The second-order valence-corrected chi connectivity index (χ2v) is 8.78. The molecule has 2 aromatic rings. The lowest BCUT2D eigenvalue weighted by Crippen LogP contribution is -2.45. The van der Waals surface area contributed by atoms with E-state index in [2.05, 4.69) is 10.0 Å². The molecule has 8 nitrogen and oxygen atoms in total. The van der Waals surface area contributed by atoms with Crippen LogP contribution in [0, 0.1) is 0 Å². The minimum Gasteiger partial charge on any atom is -0.497 e. The van der Waals surface area contributed by atoms with Crippen molar-refractivity contribution >= 4 is 27.5 Å². The molecular formula is C20H23ClN2O6S. The second-order valence-electron chi connectivity index (χ2n) is 6.66. The molecule has 0 spiro atoms. The van der Waals surface area contributed by atoms with Crippen LogP contribution in [0.25, 0.3) is 0 Å². The number of sulfonamides is 1. The fourth-order valence-corrected chi connectivity index (χ4v) is 4.39. The summed E-state index contributed by atoms with van der Waals surface area (Å²) in [5.41, 5.74) is 0.871. The van der Waals surface area contributed by atoms with Crippen molar-refractivity contribution in [3.63, 3.8) is 0 Å². The Bertz CT molecular complexity index is 1010. The van der Waals surface area contributed by atoms with Crippen molar-refractivity contribution in [3.05, 3.63) is 47.0 Å². The van der Waals surface area contributed by atoms with Crippen LogP contribution in [0.1, 0.15) is 12.5 Å². The van der Waals surface area contributed by atoms with Gasteiger partial charge in [0.05, 0.1) is 23.1 Å². The summed E-state index contributed by atoms with van der Waals surface area (Å²) in [6.07, 6.45) is 0.500. The molecule has 0 saturated heterocycles. The zero-order valence-corrected chi connectivity index (χ0v) is 18.2. The lowest BCUT2D eigenvalue weighted by atomic mass is 10.1. The molecule has 2 aromatic carbocycles. The van der Waals surface area contributed by atoms with Gasteiger partial charge in [-0.1, -0.05) is 11.6 Å². The number of nitrogens with one attached hydrogen (secondary N) is 2. The van der Waals surface area contributed by atoms with Crippen LogP contribution >= 0.6 is 11.6 Å². The molecule has 2 N–H and O–H groups in total. The first-order chi connectivity index (χ1) is 14.3. The third-order valence-corrected chi connectivity index (χ3v) is 6.30. The van der Waals surface area contributed by atoms with Crippen LogP contribution in [-0.4, -0.2) is 47.2 Å². The van der Waals surface area contributed by atoms with Crippen molar-refractivity contribution in [2.24, 2.45) is 0 Å². The number of fused-ring (bicyclic) bond motifs is 1. The Hall–Kier alpha value is -2.49. The fourth-order valence-electron chi connectivity index (χ4n) is 2.90. The van der Waals surface area contributed by atoms with E-state index in [0.717, 1.165) is 5.56 Å².